The summed E-state index contributed by atoms with van der Waals surface area (Å²) in [6.45, 7) is 5.68. The second-order valence-electron chi connectivity index (χ2n) is 6.27. The lowest BCUT2D eigenvalue weighted by Crippen LogP contribution is -2.50. The van der Waals surface area contributed by atoms with Gasteiger partial charge in [0.05, 0.1) is 11.9 Å². The van der Waals surface area contributed by atoms with Gasteiger partial charge in [-0.1, -0.05) is 17.7 Å². The van der Waals surface area contributed by atoms with Crippen LogP contribution in [0.15, 0.2) is 36.5 Å². The smallest absolute Gasteiger partial charge is 0.272 e. The number of carbonyl (C=O) groups excluding carboxylic acids is 2. The lowest BCUT2D eigenvalue weighted by Gasteiger charge is -2.34. The Labute approximate surface area is 157 Å². The van der Waals surface area contributed by atoms with E-state index in [0.29, 0.717) is 36.9 Å². The Kier molecular flexibility index (Phi) is 5.42. The first-order valence-electron chi connectivity index (χ1n) is 8.48. The van der Waals surface area contributed by atoms with Crippen LogP contribution in [0.2, 0.25) is 5.02 Å². The molecule has 0 saturated carbocycles. The molecule has 1 aromatic heterocycles. The zero-order valence-corrected chi connectivity index (χ0v) is 15.6. The van der Waals surface area contributed by atoms with Crippen LogP contribution in [0.25, 0.3) is 0 Å². The van der Waals surface area contributed by atoms with E-state index in [1.165, 1.54) is 0 Å². The zero-order valence-electron chi connectivity index (χ0n) is 14.8. The lowest BCUT2D eigenvalue weighted by molar-refractivity contribution is -0.130. The first-order chi connectivity index (χ1) is 12.5. The molecule has 6 nitrogen and oxygen atoms in total. The van der Waals surface area contributed by atoms with E-state index < -0.39 is 0 Å². The molecule has 0 aliphatic carbocycles. The Hall–Kier alpha value is -2.60. The van der Waals surface area contributed by atoms with Gasteiger partial charge in [-0.05, 0) is 36.8 Å². The number of benzene rings is 1. The van der Waals surface area contributed by atoms with Crippen molar-refractivity contribution < 1.29 is 9.59 Å². The number of nitrogens with one attached hydrogen (secondary N) is 1. The van der Waals surface area contributed by atoms with Crippen LogP contribution < -0.4 is 5.32 Å². The first-order valence-corrected chi connectivity index (χ1v) is 8.86. The Bertz CT molecular complexity index is 815. The van der Waals surface area contributed by atoms with E-state index in [1.807, 2.05) is 31.2 Å². The number of nitrogens with zero attached hydrogens (tertiary/aromatic N) is 3. The standard InChI is InChI=1S/C19H21ClN4O2/c1-13-16(20)4-3-5-17(13)22-15-6-7-18(21-12-15)19(26)24-10-8-23(9-11-24)14(2)25/h3-7,12,22H,8-11H2,1-2H3. The lowest BCUT2D eigenvalue weighted by atomic mass is 10.2. The molecule has 0 radical (unpaired) electrons. The van der Waals surface area contributed by atoms with Crippen molar-refractivity contribution in [3.63, 3.8) is 0 Å². The number of hydrogen-bond donors (Lipinski definition) is 1. The fourth-order valence-corrected chi connectivity index (χ4v) is 3.05. The van der Waals surface area contributed by atoms with Gasteiger partial charge in [0.15, 0.2) is 0 Å². The van der Waals surface area contributed by atoms with E-state index in [-0.39, 0.29) is 11.8 Å². The second-order valence-corrected chi connectivity index (χ2v) is 6.67. The van der Waals surface area contributed by atoms with Crippen molar-refractivity contribution in [2.45, 2.75) is 13.8 Å². The highest BCUT2D eigenvalue weighted by molar-refractivity contribution is 6.31. The molecule has 0 atom stereocenters. The van der Waals surface area contributed by atoms with Crippen molar-refractivity contribution in [1.29, 1.82) is 0 Å². The summed E-state index contributed by atoms with van der Waals surface area (Å²) >= 11 is 6.13. The number of halogens is 1. The molecular formula is C19H21ClN4O2. The maximum atomic E-state index is 12.6. The van der Waals surface area contributed by atoms with Gasteiger partial charge in [0.2, 0.25) is 5.91 Å². The predicted molar refractivity (Wildman–Crippen MR) is 102 cm³/mol. The molecule has 2 aromatic rings. The maximum Gasteiger partial charge on any atom is 0.272 e. The molecule has 1 N–H and O–H groups in total. The molecule has 2 amide bonds. The van der Waals surface area contributed by atoms with Gasteiger partial charge in [-0.3, -0.25) is 9.59 Å². The largest absolute Gasteiger partial charge is 0.354 e. The molecule has 0 bridgehead atoms. The molecule has 1 saturated heterocycles. The predicted octanol–water partition coefficient (Wildman–Crippen LogP) is 3.09. The number of rotatable bonds is 3. The van der Waals surface area contributed by atoms with Gasteiger partial charge in [0.25, 0.3) is 5.91 Å². The normalized spacial score (nSPS) is 14.3. The maximum absolute atomic E-state index is 12.6. The summed E-state index contributed by atoms with van der Waals surface area (Å²) < 4.78 is 0. The molecule has 136 valence electrons. The van der Waals surface area contributed by atoms with E-state index in [9.17, 15) is 9.59 Å². The summed E-state index contributed by atoms with van der Waals surface area (Å²) in [5.74, 6) is -0.0688. The van der Waals surface area contributed by atoms with Crippen molar-refractivity contribution in [2.75, 3.05) is 31.5 Å². The molecular weight excluding hydrogens is 352 g/mol. The van der Waals surface area contributed by atoms with Crippen molar-refractivity contribution in [2.24, 2.45) is 0 Å². The quantitative estimate of drug-likeness (QED) is 0.899. The molecule has 1 aliphatic heterocycles. The molecule has 7 heteroatoms. The molecule has 2 heterocycles. The highest BCUT2D eigenvalue weighted by Gasteiger charge is 2.23. The van der Waals surface area contributed by atoms with Gasteiger partial charge in [0.1, 0.15) is 5.69 Å². The molecule has 3 rings (SSSR count). The minimum atomic E-state index is -0.112. The third kappa shape index (κ3) is 3.96. The van der Waals surface area contributed by atoms with E-state index in [2.05, 4.69) is 10.3 Å². The molecule has 0 spiro atoms. The highest BCUT2D eigenvalue weighted by atomic mass is 35.5. The Morgan fingerprint density at radius 3 is 2.38 bits per heavy atom. The number of carbonyl (C=O) groups is 2. The SMILES string of the molecule is CC(=O)N1CCN(C(=O)c2ccc(Nc3cccc(Cl)c3C)cn2)CC1. The molecule has 0 unspecified atom stereocenters. The van der Waals surface area contributed by atoms with Crippen LogP contribution >= 0.6 is 11.6 Å². The zero-order chi connectivity index (χ0) is 18.7. The van der Waals surface area contributed by atoms with E-state index >= 15 is 0 Å². The number of piperazine rings is 1. The number of hydrogen-bond acceptors (Lipinski definition) is 4. The molecule has 1 aromatic carbocycles. The molecule has 1 fully saturated rings. The number of anilines is 2. The average Bonchev–Trinajstić information content (AvgIpc) is 2.65. The van der Waals surface area contributed by atoms with Crippen LogP contribution in [0.1, 0.15) is 23.0 Å². The van der Waals surface area contributed by atoms with Crippen molar-refractivity contribution in [1.82, 2.24) is 14.8 Å². The van der Waals surface area contributed by atoms with Gasteiger partial charge in [-0.2, -0.15) is 0 Å². The topological polar surface area (TPSA) is 65.5 Å². The van der Waals surface area contributed by atoms with E-state index in [4.69, 9.17) is 11.6 Å². The van der Waals surface area contributed by atoms with E-state index in [1.54, 1.807) is 29.0 Å². The van der Waals surface area contributed by atoms with Crippen LogP contribution in [-0.4, -0.2) is 52.8 Å². The number of amides is 2. The Balaban J connectivity index is 1.65. The summed E-state index contributed by atoms with van der Waals surface area (Å²) in [4.78, 5) is 31.7. The van der Waals surface area contributed by atoms with Gasteiger partial charge >= 0.3 is 0 Å². The number of aromatic nitrogens is 1. The average molecular weight is 373 g/mol. The van der Waals surface area contributed by atoms with Crippen LogP contribution in [-0.2, 0) is 4.79 Å². The van der Waals surface area contributed by atoms with Crippen LogP contribution in [0.5, 0.6) is 0 Å². The van der Waals surface area contributed by atoms with Gasteiger partial charge < -0.3 is 15.1 Å². The second kappa shape index (κ2) is 7.74. The fraction of sp³-hybridized carbons (Fsp3) is 0.316. The fourth-order valence-electron chi connectivity index (χ4n) is 2.88. The minimum Gasteiger partial charge on any atom is -0.354 e. The molecule has 1 aliphatic rings. The van der Waals surface area contributed by atoms with Crippen LogP contribution in [0.3, 0.4) is 0 Å². The van der Waals surface area contributed by atoms with Crippen LogP contribution in [0, 0.1) is 6.92 Å². The summed E-state index contributed by atoms with van der Waals surface area (Å²) in [5.41, 5.74) is 3.04. The monoisotopic (exact) mass is 372 g/mol. The third-order valence-electron chi connectivity index (χ3n) is 4.54. The summed E-state index contributed by atoms with van der Waals surface area (Å²) in [6, 6.07) is 9.20. The first kappa shape index (κ1) is 18.2. The van der Waals surface area contributed by atoms with Gasteiger partial charge in [-0.15, -0.1) is 0 Å². The van der Waals surface area contributed by atoms with Crippen molar-refractivity contribution in [3.05, 3.63) is 52.8 Å². The van der Waals surface area contributed by atoms with Gasteiger partial charge in [-0.25, -0.2) is 4.98 Å². The van der Waals surface area contributed by atoms with Gasteiger partial charge in [0, 0.05) is 43.8 Å². The van der Waals surface area contributed by atoms with Crippen LogP contribution in [0.4, 0.5) is 11.4 Å². The van der Waals surface area contributed by atoms with Crippen molar-refractivity contribution in [3.8, 4) is 0 Å². The summed E-state index contributed by atoms with van der Waals surface area (Å²) in [7, 11) is 0. The van der Waals surface area contributed by atoms with E-state index in [0.717, 1.165) is 16.9 Å². The summed E-state index contributed by atoms with van der Waals surface area (Å²) in [5, 5.41) is 3.95. The highest BCUT2D eigenvalue weighted by Crippen LogP contribution is 2.26. The molecule has 26 heavy (non-hydrogen) atoms. The third-order valence-corrected chi connectivity index (χ3v) is 4.95. The summed E-state index contributed by atoms with van der Waals surface area (Å²) in [6.07, 6.45) is 1.64. The van der Waals surface area contributed by atoms with Crippen molar-refractivity contribution >= 4 is 34.8 Å². The Morgan fingerprint density at radius 2 is 1.77 bits per heavy atom. The number of pyridine rings is 1. The minimum absolute atomic E-state index is 0.0435. The Morgan fingerprint density at radius 1 is 1.08 bits per heavy atom.